The molecule has 35 heavy (non-hydrogen) atoms. The Morgan fingerprint density at radius 1 is 0.886 bits per heavy atom. The lowest BCUT2D eigenvalue weighted by Crippen LogP contribution is -2.36. The smallest absolute Gasteiger partial charge is 0.322 e. The topological polar surface area (TPSA) is 83.7 Å². The van der Waals surface area contributed by atoms with E-state index < -0.39 is 0 Å². The number of para-hydroxylation sites is 1. The van der Waals surface area contributed by atoms with Gasteiger partial charge in [-0.3, -0.25) is 4.79 Å². The van der Waals surface area contributed by atoms with Crippen LogP contribution in [-0.2, 0) is 13.1 Å². The first kappa shape index (κ1) is 23.9. The SMILES string of the molecule is COc1ccc(NC(=O)N(Cc2ccccc2OC)Cc2cc3c(C)ccc(C)c3[nH]c2=O)cc1. The number of rotatable bonds is 7. The molecule has 0 atom stereocenters. The molecule has 0 aliphatic carbocycles. The van der Waals surface area contributed by atoms with Crippen molar-refractivity contribution in [3.05, 3.63) is 99.3 Å². The summed E-state index contributed by atoms with van der Waals surface area (Å²) in [5.74, 6) is 1.37. The first-order chi connectivity index (χ1) is 16.9. The second-order valence-electron chi connectivity index (χ2n) is 8.44. The molecule has 0 aliphatic heterocycles. The van der Waals surface area contributed by atoms with E-state index in [9.17, 15) is 9.59 Å². The number of nitrogens with zero attached hydrogens (tertiary/aromatic N) is 1. The summed E-state index contributed by atoms with van der Waals surface area (Å²) in [7, 11) is 3.19. The summed E-state index contributed by atoms with van der Waals surface area (Å²) in [6.45, 7) is 4.36. The number of benzene rings is 3. The Morgan fingerprint density at radius 2 is 1.57 bits per heavy atom. The van der Waals surface area contributed by atoms with E-state index in [1.807, 2.05) is 56.3 Å². The number of anilines is 1. The van der Waals surface area contributed by atoms with Crippen LogP contribution in [0.1, 0.15) is 22.3 Å². The zero-order chi connectivity index (χ0) is 24.9. The number of ether oxygens (including phenoxy) is 2. The Hall–Kier alpha value is -4.26. The number of carbonyl (C=O) groups excluding carboxylic acids is 1. The summed E-state index contributed by atoms with van der Waals surface area (Å²) in [4.78, 5) is 31.0. The number of aryl methyl sites for hydroxylation is 2. The maximum absolute atomic E-state index is 13.4. The minimum atomic E-state index is -0.332. The number of hydrogen-bond acceptors (Lipinski definition) is 4. The summed E-state index contributed by atoms with van der Waals surface area (Å²) >= 11 is 0. The molecule has 0 spiro atoms. The van der Waals surface area contributed by atoms with Crippen LogP contribution in [0.3, 0.4) is 0 Å². The van der Waals surface area contributed by atoms with Crippen LogP contribution in [0.4, 0.5) is 10.5 Å². The molecule has 1 aromatic heterocycles. The van der Waals surface area contributed by atoms with E-state index in [1.54, 1.807) is 43.4 Å². The van der Waals surface area contributed by atoms with Gasteiger partial charge in [-0.1, -0.05) is 30.3 Å². The summed E-state index contributed by atoms with van der Waals surface area (Å²) in [6.07, 6.45) is 0. The number of fused-ring (bicyclic) bond motifs is 1. The van der Waals surface area contributed by atoms with E-state index in [-0.39, 0.29) is 24.7 Å². The van der Waals surface area contributed by atoms with Crippen LogP contribution in [0, 0.1) is 13.8 Å². The van der Waals surface area contributed by atoms with E-state index >= 15 is 0 Å². The normalized spacial score (nSPS) is 10.7. The molecule has 3 aromatic carbocycles. The Balaban J connectivity index is 1.69. The van der Waals surface area contributed by atoms with Gasteiger partial charge in [-0.05, 0) is 61.4 Å². The van der Waals surface area contributed by atoms with Gasteiger partial charge in [0.1, 0.15) is 11.5 Å². The minimum Gasteiger partial charge on any atom is -0.497 e. The zero-order valence-electron chi connectivity index (χ0n) is 20.3. The highest BCUT2D eigenvalue weighted by molar-refractivity contribution is 5.89. The average molecular weight is 472 g/mol. The average Bonchev–Trinajstić information content (AvgIpc) is 2.87. The van der Waals surface area contributed by atoms with Crippen LogP contribution >= 0.6 is 0 Å². The molecule has 0 saturated heterocycles. The fourth-order valence-electron chi connectivity index (χ4n) is 4.06. The van der Waals surface area contributed by atoms with Crippen LogP contribution < -0.4 is 20.3 Å². The van der Waals surface area contributed by atoms with Gasteiger partial charge < -0.3 is 24.7 Å². The highest BCUT2D eigenvalue weighted by Crippen LogP contribution is 2.23. The Kier molecular flexibility index (Phi) is 7.06. The Labute approximate surface area is 204 Å². The fourth-order valence-corrected chi connectivity index (χ4v) is 4.06. The summed E-state index contributed by atoms with van der Waals surface area (Å²) < 4.78 is 10.7. The number of hydrogen-bond donors (Lipinski definition) is 2. The molecule has 2 amide bonds. The number of urea groups is 1. The molecule has 4 rings (SSSR count). The first-order valence-corrected chi connectivity index (χ1v) is 11.3. The van der Waals surface area contributed by atoms with Crippen molar-refractivity contribution in [1.29, 1.82) is 0 Å². The van der Waals surface area contributed by atoms with Crippen molar-refractivity contribution < 1.29 is 14.3 Å². The standard InChI is InChI=1S/C28H29N3O4/c1-18-9-10-19(2)26-24(18)15-21(27(32)30-26)17-31(16-20-7-5-6-8-25(20)35-4)28(33)29-22-11-13-23(34-3)14-12-22/h5-15H,16-17H2,1-4H3,(H,29,33)(H,30,32). The van der Waals surface area contributed by atoms with Crippen LogP contribution in [0.5, 0.6) is 11.5 Å². The monoisotopic (exact) mass is 471 g/mol. The molecule has 0 bridgehead atoms. The molecule has 2 N–H and O–H groups in total. The van der Waals surface area contributed by atoms with Crippen molar-refractivity contribution >= 4 is 22.6 Å². The Morgan fingerprint density at radius 3 is 2.29 bits per heavy atom. The summed E-state index contributed by atoms with van der Waals surface area (Å²) in [6, 6.07) is 20.2. The lowest BCUT2D eigenvalue weighted by Gasteiger charge is -2.24. The third-order valence-electron chi connectivity index (χ3n) is 6.06. The number of nitrogens with one attached hydrogen (secondary N) is 2. The molecule has 180 valence electrons. The second-order valence-corrected chi connectivity index (χ2v) is 8.44. The third kappa shape index (κ3) is 5.30. The maximum atomic E-state index is 13.4. The van der Waals surface area contributed by atoms with E-state index in [2.05, 4.69) is 10.3 Å². The Bertz CT molecular complexity index is 1410. The molecule has 0 aliphatic rings. The molecule has 0 saturated carbocycles. The van der Waals surface area contributed by atoms with Crippen LogP contribution in [0.2, 0.25) is 0 Å². The number of aromatic amines is 1. The van der Waals surface area contributed by atoms with Crippen LogP contribution in [0.25, 0.3) is 10.9 Å². The molecular formula is C28H29N3O4. The number of methoxy groups -OCH3 is 2. The van der Waals surface area contributed by atoms with Gasteiger partial charge in [-0.15, -0.1) is 0 Å². The van der Waals surface area contributed by atoms with Gasteiger partial charge >= 0.3 is 6.03 Å². The number of carbonyl (C=O) groups is 1. The van der Waals surface area contributed by atoms with Crippen LogP contribution in [-0.4, -0.2) is 30.1 Å². The zero-order valence-corrected chi connectivity index (χ0v) is 20.3. The lowest BCUT2D eigenvalue weighted by atomic mass is 10.0. The predicted molar refractivity (Wildman–Crippen MR) is 138 cm³/mol. The van der Waals surface area contributed by atoms with Crippen molar-refractivity contribution in [2.24, 2.45) is 0 Å². The summed E-state index contributed by atoms with van der Waals surface area (Å²) in [5.41, 5.74) is 4.63. The van der Waals surface area contributed by atoms with Gasteiger partial charge in [0.15, 0.2) is 0 Å². The predicted octanol–water partition coefficient (Wildman–Crippen LogP) is 5.40. The highest BCUT2D eigenvalue weighted by Gasteiger charge is 2.19. The van der Waals surface area contributed by atoms with E-state index in [0.29, 0.717) is 22.7 Å². The molecule has 4 aromatic rings. The molecule has 7 heteroatoms. The van der Waals surface area contributed by atoms with Crippen molar-refractivity contribution in [3.63, 3.8) is 0 Å². The third-order valence-corrected chi connectivity index (χ3v) is 6.06. The van der Waals surface area contributed by atoms with Gasteiger partial charge in [-0.2, -0.15) is 0 Å². The number of aromatic nitrogens is 1. The van der Waals surface area contributed by atoms with Gasteiger partial charge in [0.2, 0.25) is 0 Å². The van der Waals surface area contributed by atoms with Gasteiger partial charge in [0.25, 0.3) is 5.56 Å². The highest BCUT2D eigenvalue weighted by atomic mass is 16.5. The quantitative estimate of drug-likeness (QED) is 0.378. The maximum Gasteiger partial charge on any atom is 0.322 e. The van der Waals surface area contributed by atoms with Crippen molar-refractivity contribution in [3.8, 4) is 11.5 Å². The number of amides is 2. The van der Waals surface area contributed by atoms with Gasteiger partial charge in [0.05, 0.1) is 32.8 Å². The number of H-pyrrole nitrogens is 1. The molecule has 0 radical (unpaired) electrons. The second kappa shape index (κ2) is 10.3. The lowest BCUT2D eigenvalue weighted by molar-refractivity contribution is 0.205. The molecule has 0 fully saturated rings. The van der Waals surface area contributed by atoms with E-state index in [0.717, 1.165) is 27.6 Å². The summed E-state index contributed by atoms with van der Waals surface area (Å²) in [5, 5.41) is 3.89. The molecule has 0 unspecified atom stereocenters. The van der Waals surface area contributed by atoms with Gasteiger partial charge in [-0.25, -0.2) is 4.79 Å². The van der Waals surface area contributed by atoms with Gasteiger partial charge in [0, 0.05) is 22.2 Å². The van der Waals surface area contributed by atoms with Crippen molar-refractivity contribution in [1.82, 2.24) is 9.88 Å². The molecule has 1 heterocycles. The van der Waals surface area contributed by atoms with Crippen molar-refractivity contribution in [2.75, 3.05) is 19.5 Å². The largest absolute Gasteiger partial charge is 0.497 e. The molecular weight excluding hydrogens is 442 g/mol. The first-order valence-electron chi connectivity index (χ1n) is 11.3. The fraction of sp³-hybridized carbons (Fsp3) is 0.214. The minimum absolute atomic E-state index is 0.124. The molecule has 7 nitrogen and oxygen atoms in total. The van der Waals surface area contributed by atoms with Crippen molar-refractivity contribution in [2.45, 2.75) is 26.9 Å². The van der Waals surface area contributed by atoms with E-state index in [4.69, 9.17) is 9.47 Å². The number of pyridine rings is 1. The van der Waals surface area contributed by atoms with E-state index in [1.165, 1.54) is 0 Å². The van der Waals surface area contributed by atoms with Crippen LogP contribution in [0.15, 0.2) is 71.5 Å².